The van der Waals surface area contributed by atoms with Gasteiger partial charge in [0.15, 0.2) is 5.15 Å². The third-order valence-electron chi connectivity index (χ3n) is 2.58. The number of carbonyl (C=O) groups excluding carboxylic acids is 1. The van der Waals surface area contributed by atoms with Crippen LogP contribution in [0.4, 0.5) is 10.5 Å². The van der Waals surface area contributed by atoms with Gasteiger partial charge < -0.3 is 10.6 Å². The lowest BCUT2D eigenvalue weighted by atomic mass is 10.1. The number of urea groups is 1. The standard InChI is InChI=1S/C14H14ClN3O/c1-10-4-6-11(7-5-10)9-17-14(19)18-12-3-2-8-16-13(12)15/h2-8H,9H2,1H3,(H2,17,18,19). The van der Waals surface area contributed by atoms with E-state index in [1.54, 1.807) is 18.3 Å². The second kappa shape index (κ2) is 6.20. The first kappa shape index (κ1) is 13.4. The Labute approximate surface area is 116 Å². The van der Waals surface area contributed by atoms with Crippen molar-refractivity contribution in [2.45, 2.75) is 13.5 Å². The molecule has 0 aliphatic carbocycles. The molecular weight excluding hydrogens is 262 g/mol. The number of amides is 2. The van der Waals surface area contributed by atoms with E-state index in [1.807, 2.05) is 31.2 Å². The summed E-state index contributed by atoms with van der Waals surface area (Å²) in [5.41, 5.74) is 2.72. The van der Waals surface area contributed by atoms with Crippen LogP contribution in [-0.2, 0) is 6.54 Å². The average Bonchev–Trinajstić information content (AvgIpc) is 2.41. The van der Waals surface area contributed by atoms with Gasteiger partial charge in [-0.1, -0.05) is 41.4 Å². The lowest BCUT2D eigenvalue weighted by Crippen LogP contribution is -2.28. The molecule has 2 rings (SSSR count). The minimum atomic E-state index is -0.310. The molecule has 0 atom stereocenters. The molecule has 1 heterocycles. The van der Waals surface area contributed by atoms with Crippen molar-refractivity contribution in [2.75, 3.05) is 5.32 Å². The molecule has 19 heavy (non-hydrogen) atoms. The zero-order valence-electron chi connectivity index (χ0n) is 10.5. The highest BCUT2D eigenvalue weighted by Crippen LogP contribution is 2.16. The first-order chi connectivity index (χ1) is 9.15. The Morgan fingerprint density at radius 3 is 2.68 bits per heavy atom. The Kier molecular flexibility index (Phi) is 4.36. The fourth-order valence-corrected chi connectivity index (χ4v) is 1.70. The van der Waals surface area contributed by atoms with Crippen LogP contribution >= 0.6 is 11.6 Å². The van der Waals surface area contributed by atoms with E-state index in [2.05, 4.69) is 15.6 Å². The van der Waals surface area contributed by atoms with Gasteiger partial charge in [-0.2, -0.15) is 0 Å². The zero-order valence-corrected chi connectivity index (χ0v) is 11.2. The summed E-state index contributed by atoms with van der Waals surface area (Å²) in [5, 5.41) is 5.68. The molecule has 0 aliphatic heterocycles. The summed E-state index contributed by atoms with van der Waals surface area (Å²) in [6.07, 6.45) is 1.57. The second-order valence-electron chi connectivity index (χ2n) is 4.14. The van der Waals surface area contributed by atoms with Crippen molar-refractivity contribution >= 4 is 23.3 Å². The van der Waals surface area contributed by atoms with Gasteiger partial charge in [0.25, 0.3) is 0 Å². The molecule has 2 N–H and O–H groups in total. The van der Waals surface area contributed by atoms with E-state index >= 15 is 0 Å². The van der Waals surface area contributed by atoms with Crippen molar-refractivity contribution in [1.82, 2.24) is 10.3 Å². The molecule has 4 nitrogen and oxygen atoms in total. The van der Waals surface area contributed by atoms with E-state index in [-0.39, 0.29) is 11.2 Å². The molecule has 0 saturated carbocycles. The van der Waals surface area contributed by atoms with Gasteiger partial charge in [-0.05, 0) is 24.6 Å². The number of nitrogens with one attached hydrogen (secondary N) is 2. The number of rotatable bonds is 3. The van der Waals surface area contributed by atoms with Crippen molar-refractivity contribution in [3.05, 3.63) is 58.9 Å². The lowest BCUT2D eigenvalue weighted by Gasteiger charge is -2.08. The third-order valence-corrected chi connectivity index (χ3v) is 2.88. The smallest absolute Gasteiger partial charge is 0.319 e. The van der Waals surface area contributed by atoms with E-state index in [1.165, 1.54) is 5.56 Å². The van der Waals surface area contributed by atoms with Gasteiger partial charge in [-0.15, -0.1) is 0 Å². The fraction of sp³-hybridized carbons (Fsp3) is 0.143. The Morgan fingerprint density at radius 2 is 2.00 bits per heavy atom. The van der Waals surface area contributed by atoms with Gasteiger partial charge in [0.1, 0.15) is 0 Å². The highest BCUT2D eigenvalue weighted by Gasteiger charge is 2.05. The zero-order chi connectivity index (χ0) is 13.7. The number of carbonyl (C=O) groups is 1. The molecule has 2 aromatic rings. The second-order valence-corrected chi connectivity index (χ2v) is 4.49. The summed E-state index contributed by atoms with van der Waals surface area (Å²) in [5.74, 6) is 0. The van der Waals surface area contributed by atoms with Gasteiger partial charge in [-0.3, -0.25) is 0 Å². The van der Waals surface area contributed by atoms with E-state index < -0.39 is 0 Å². The Bertz CT molecular complexity index is 569. The van der Waals surface area contributed by atoms with Gasteiger partial charge >= 0.3 is 6.03 Å². The Balaban J connectivity index is 1.88. The molecule has 1 aromatic carbocycles. The van der Waals surface area contributed by atoms with Crippen LogP contribution < -0.4 is 10.6 Å². The number of anilines is 1. The van der Waals surface area contributed by atoms with Crippen LogP contribution in [0.25, 0.3) is 0 Å². The van der Waals surface area contributed by atoms with Crippen LogP contribution in [0.5, 0.6) is 0 Å². The van der Waals surface area contributed by atoms with E-state index in [0.29, 0.717) is 12.2 Å². The Morgan fingerprint density at radius 1 is 1.26 bits per heavy atom. The largest absolute Gasteiger partial charge is 0.334 e. The molecule has 5 heteroatoms. The first-order valence-corrected chi connectivity index (χ1v) is 6.24. The minimum Gasteiger partial charge on any atom is -0.334 e. The van der Waals surface area contributed by atoms with Crippen LogP contribution in [0.2, 0.25) is 5.15 Å². The monoisotopic (exact) mass is 275 g/mol. The molecule has 0 fully saturated rings. The summed E-state index contributed by atoms with van der Waals surface area (Å²) < 4.78 is 0. The summed E-state index contributed by atoms with van der Waals surface area (Å²) >= 11 is 5.85. The predicted octanol–water partition coefficient (Wildman–Crippen LogP) is 3.37. The molecule has 0 aliphatic rings. The highest BCUT2D eigenvalue weighted by molar-refractivity contribution is 6.32. The summed E-state index contributed by atoms with van der Waals surface area (Å²) in [4.78, 5) is 15.6. The maximum absolute atomic E-state index is 11.7. The van der Waals surface area contributed by atoms with Crippen LogP contribution in [0, 0.1) is 6.92 Å². The van der Waals surface area contributed by atoms with Gasteiger partial charge in [-0.25, -0.2) is 9.78 Å². The molecule has 0 unspecified atom stereocenters. The highest BCUT2D eigenvalue weighted by atomic mass is 35.5. The van der Waals surface area contributed by atoms with Gasteiger partial charge in [0.05, 0.1) is 5.69 Å². The molecule has 1 aromatic heterocycles. The molecule has 0 radical (unpaired) electrons. The number of hydrogen-bond donors (Lipinski definition) is 2. The van der Waals surface area contributed by atoms with E-state index in [0.717, 1.165) is 5.56 Å². The fourth-order valence-electron chi connectivity index (χ4n) is 1.53. The Hall–Kier alpha value is -2.07. The predicted molar refractivity (Wildman–Crippen MR) is 76.3 cm³/mol. The molecule has 0 saturated heterocycles. The topological polar surface area (TPSA) is 54.0 Å². The summed E-state index contributed by atoms with van der Waals surface area (Å²) in [7, 11) is 0. The lowest BCUT2D eigenvalue weighted by molar-refractivity contribution is 0.251. The number of benzene rings is 1. The van der Waals surface area contributed by atoms with E-state index in [9.17, 15) is 4.79 Å². The van der Waals surface area contributed by atoms with Crippen LogP contribution in [-0.4, -0.2) is 11.0 Å². The number of nitrogens with zero attached hydrogens (tertiary/aromatic N) is 1. The van der Waals surface area contributed by atoms with E-state index in [4.69, 9.17) is 11.6 Å². The minimum absolute atomic E-state index is 0.271. The van der Waals surface area contributed by atoms with Crippen molar-refractivity contribution in [3.8, 4) is 0 Å². The SMILES string of the molecule is Cc1ccc(CNC(=O)Nc2cccnc2Cl)cc1. The molecular formula is C14H14ClN3O. The van der Waals surface area contributed by atoms with Crippen LogP contribution in [0.3, 0.4) is 0 Å². The number of aromatic nitrogens is 1. The molecule has 98 valence electrons. The first-order valence-electron chi connectivity index (χ1n) is 5.86. The average molecular weight is 276 g/mol. The van der Waals surface area contributed by atoms with Crippen molar-refractivity contribution < 1.29 is 4.79 Å². The third kappa shape index (κ3) is 3.96. The molecule has 0 spiro atoms. The normalized spacial score (nSPS) is 10.0. The van der Waals surface area contributed by atoms with Crippen molar-refractivity contribution in [1.29, 1.82) is 0 Å². The maximum Gasteiger partial charge on any atom is 0.319 e. The number of hydrogen-bond acceptors (Lipinski definition) is 2. The van der Waals surface area contributed by atoms with Crippen LogP contribution in [0.15, 0.2) is 42.6 Å². The van der Waals surface area contributed by atoms with Crippen molar-refractivity contribution in [2.24, 2.45) is 0 Å². The summed E-state index contributed by atoms with van der Waals surface area (Å²) in [6, 6.07) is 11.1. The van der Waals surface area contributed by atoms with Crippen molar-refractivity contribution in [3.63, 3.8) is 0 Å². The molecule has 0 bridgehead atoms. The molecule has 2 amide bonds. The van der Waals surface area contributed by atoms with Gasteiger partial charge in [0, 0.05) is 12.7 Å². The summed E-state index contributed by atoms with van der Waals surface area (Å²) in [6.45, 7) is 2.48. The maximum atomic E-state index is 11.7. The number of aryl methyl sites for hydroxylation is 1. The van der Waals surface area contributed by atoms with Crippen LogP contribution in [0.1, 0.15) is 11.1 Å². The van der Waals surface area contributed by atoms with Gasteiger partial charge in [0.2, 0.25) is 0 Å². The number of pyridine rings is 1. The number of halogens is 1. The quantitative estimate of drug-likeness (QED) is 0.844.